The number of nitrogens with one attached hydrogen (secondary N) is 1. The van der Waals surface area contributed by atoms with Gasteiger partial charge in [-0.1, -0.05) is 18.2 Å². The molecule has 5 nitrogen and oxygen atoms in total. The van der Waals surface area contributed by atoms with Crippen molar-refractivity contribution in [2.45, 2.75) is 19.8 Å². The number of rotatable bonds is 5. The van der Waals surface area contributed by atoms with Crippen LogP contribution in [0.5, 0.6) is 0 Å². The van der Waals surface area contributed by atoms with E-state index in [-0.39, 0.29) is 17.7 Å². The fourth-order valence-electron chi connectivity index (χ4n) is 3.24. The third-order valence-corrected chi connectivity index (χ3v) is 4.38. The molecule has 1 aromatic carbocycles. The molecule has 0 amide bonds. The minimum absolute atomic E-state index is 0.0898. The summed E-state index contributed by atoms with van der Waals surface area (Å²) in [7, 11) is 0. The molecule has 0 radical (unpaired) electrons. The van der Waals surface area contributed by atoms with Gasteiger partial charge in [0, 0.05) is 29.2 Å². The molecule has 122 valence electrons. The monoisotopic (exact) mass is 314 g/mol. The van der Waals surface area contributed by atoms with Gasteiger partial charge in [-0.15, -0.1) is 0 Å². The van der Waals surface area contributed by atoms with Crippen LogP contribution in [-0.2, 0) is 9.53 Å². The number of carbonyl (C=O) groups is 2. The highest BCUT2D eigenvalue weighted by Gasteiger charge is 2.28. The van der Waals surface area contributed by atoms with Crippen LogP contribution in [0.15, 0.2) is 30.5 Å². The number of para-hydroxylation sites is 1. The quantitative estimate of drug-likeness (QED) is 0.681. The zero-order valence-corrected chi connectivity index (χ0v) is 13.4. The van der Waals surface area contributed by atoms with Crippen LogP contribution in [0.1, 0.15) is 30.1 Å². The van der Waals surface area contributed by atoms with E-state index in [9.17, 15) is 9.59 Å². The molecule has 1 atom stereocenters. The standard InChI is InChI=1S/C18H22N2O3/c1-2-23-18(22)13-6-5-9-20(11-13)12-17(21)15-10-19-16-8-4-3-7-14(15)16/h3-4,7-8,10,13,19H,2,5-6,9,11-12H2,1H3/t13-/m1/s1. The predicted molar refractivity (Wildman–Crippen MR) is 88.4 cm³/mol. The number of aromatic nitrogens is 1. The number of Topliss-reactive ketones (excluding diaryl/α,β-unsaturated/α-hetero) is 1. The van der Waals surface area contributed by atoms with Crippen molar-refractivity contribution in [1.82, 2.24) is 9.88 Å². The van der Waals surface area contributed by atoms with Crippen LogP contribution in [0, 0.1) is 5.92 Å². The van der Waals surface area contributed by atoms with E-state index < -0.39 is 0 Å². The van der Waals surface area contributed by atoms with Crippen LogP contribution in [0.3, 0.4) is 0 Å². The Bertz CT molecular complexity index is 707. The molecule has 3 rings (SSSR count). The second kappa shape index (κ2) is 6.96. The predicted octanol–water partition coefficient (Wildman–Crippen LogP) is 2.63. The number of nitrogens with zero attached hydrogens (tertiary/aromatic N) is 1. The molecule has 2 heterocycles. The summed E-state index contributed by atoms with van der Waals surface area (Å²) >= 11 is 0. The Labute approximate surface area is 135 Å². The third kappa shape index (κ3) is 3.45. The second-order valence-electron chi connectivity index (χ2n) is 6.00. The third-order valence-electron chi connectivity index (χ3n) is 4.38. The molecule has 1 aliphatic heterocycles. The molecule has 5 heteroatoms. The fraction of sp³-hybridized carbons (Fsp3) is 0.444. The van der Waals surface area contributed by atoms with E-state index in [0.29, 0.717) is 19.7 Å². The minimum Gasteiger partial charge on any atom is -0.466 e. The van der Waals surface area contributed by atoms with Crippen molar-refractivity contribution in [3.8, 4) is 0 Å². The number of hydrogen-bond donors (Lipinski definition) is 1. The molecule has 0 spiro atoms. The van der Waals surface area contributed by atoms with Crippen LogP contribution in [0.2, 0.25) is 0 Å². The molecular formula is C18H22N2O3. The number of benzene rings is 1. The normalized spacial score (nSPS) is 18.9. The van der Waals surface area contributed by atoms with Gasteiger partial charge in [0.2, 0.25) is 0 Å². The maximum absolute atomic E-state index is 12.6. The van der Waals surface area contributed by atoms with E-state index in [1.807, 2.05) is 31.2 Å². The molecular weight excluding hydrogens is 292 g/mol. The van der Waals surface area contributed by atoms with Gasteiger partial charge >= 0.3 is 5.97 Å². The van der Waals surface area contributed by atoms with E-state index in [0.717, 1.165) is 35.9 Å². The molecule has 1 aromatic heterocycles. The van der Waals surface area contributed by atoms with Gasteiger partial charge in [0.05, 0.1) is 19.1 Å². The molecule has 0 aliphatic carbocycles. The van der Waals surface area contributed by atoms with Gasteiger partial charge in [0.15, 0.2) is 5.78 Å². The van der Waals surface area contributed by atoms with Crippen LogP contribution < -0.4 is 0 Å². The Kier molecular flexibility index (Phi) is 4.76. The van der Waals surface area contributed by atoms with E-state index in [1.165, 1.54) is 0 Å². The molecule has 1 aliphatic rings. The van der Waals surface area contributed by atoms with Gasteiger partial charge in [-0.05, 0) is 32.4 Å². The van der Waals surface area contributed by atoms with Gasteiger partial charge in [-0.2, -0.15) is 0 Å². The maximum atomic E-state index is 12.6. The van der Waals surface area contributed by atoms with Gasteiger partial charge in [0.1, 0.15) is 0 Å². The molecule has 1 N–H and O–H groups in total. The highest BCUT2D eigenvalue weighted by atomic mass is 16.5. The van der Waals surface area contributed by atoms with E-state index in [1.54, 1.807) is 6.20 Å². The summed E-state index contributed by atoms with van der Waals surface area (Å²) < 4.78 is 5.11. The first-order chi connectivity index (χ1) is 11.2. The van der Waals surface area contributed by atoms with Crippen LogP contribution >= 0.6 is 0 Å². The minimum atomic E-state index is -0.142. The van der Waals surface area contributed by atoms with Gasteiger partial charge in [-0.3, -0.25) is 14.5 Å². The average molecular weight is 314 g/mol. The Morgan fingerprint density at radius 3 is 3.00 bits per heavy atom. The van der Waals surface area contributed by atoms with Crippen LogP contribution in [-0.4, -0.2) is 47.9 Å². The first kappa shape index (κ1) is 15.7. The number of piperidine rings is 1. The van der Waals surface area contributed by atoms with Gasteiger partial charge < -0.3 is 9.72 Å². The lowest BCUT2D eigenvalue weighted by atomic mass is 9.97. The fourth-order valence-corrected chi connectivity index (χ4v) is 3.24. The Balaban J connectivity index is 1.66. The number of esters is 1. The Morgan fingerprint density at radius 1 is 1.35 bits per heavy atom. The summed E-state index contributed by atoms with van der Waals surface area (Å²) in [6.45, 7) is 4.03. The molecule has 23 heavy (non-hydrogen) atoms. The van der Waals surface area contributed by atoms with Crippen molar-refractivity contribution >= 4 is 22.7 Å². The van der Waals surface area contributed by atoms with Crippen molar-refractivity contribution in [2.24, 2.45) is 5.92 Å². The second-order valence-corrected chi connectivity index (χ2v) is 6.00. The summed E-state index contributed by atoms with van der Waals surface area (Å²) in [6.07, 6.45) is 3.54. The summed E-state index contributed by atoms with van der Waals surface area (Å²) in [4.78, 5) is 29.7. The Morgan fingerprint density at radius 2 is 2.17 bits per heavy atom. The number of hydrogen-bond acceptors (Lipinski definition) is 4. The number of ketones is 1. The van der Waals surface area contributed by atoms with E-state index >= 15 is 0 Å². The highest BCUT2D eigenvalue weighted by Crippen LogP contribution is 2.21. The maximum Gasteiger partial charge on any atom is 0.310 e. The van der Waals surface area contributed by atoms with Crippen molar-refractivity contribution in [1.29, 1.82) is 0 Å². The number of likely N-dealkylation sites (tertiary alicyclic amines) is 1. The molecule has 2 aromatic rings. The zero-order valence-electron chi connectivity index (χ0n) is 13.4. The number of aromatic amines is 1. The largest absolute Gasteiger partial charge is 0.466 e. The smallest absolute Gasteiger partial charge is 0.310 e. The number of fused-ring (bicyclic) bond motifs is 1. The van der Waals surface area contributed by atoms with Crippen LogP contribution in [0.4, 0.5) is 0 Å². The lowest BCUT2D eigenvalue weighted by Crippen LogP contribution is -2.41. The lowest BCUT2D eigenvalue weighted by molar-refractivity contribution is -0.149. The molecule has 0 bridgehead atoms. The van der Waals surface area contributed by atoms with Crippen molar-refractivity contribution < 1.29 is 14.3 Å². The van der Waals surface area contributed by atoms with Crippen molar-refractivity contribution in [2.75, 3.05) is 26.2 Å². The average Bonchev–Trinajstić information content (AvgIpc) is 2.99. The zero-order chi connectivity index (χ0) is 16.2. The van der Waals surface area contributed by atoms with Gasteiger partial charge in [0.25, 0.3) is 0 Å². The molecule has 0 saturated carbocycles. The number of carbonyl (C=O) groups excluding carboxylic acids is 2. The number of H-pyrrole nitrogens is 1. The molecule has 0 unspecified atom stereocenters. The van der Waals surface area contributed by atoms with Crippen molar-refractivity contribution in [3.63, 3.8) is 0 Å². The molecule has 1 fully saturated rings. The topological polar surface area (TPSA) is 62.4 Å². The Hall–Kier alpha value is -2.14. The number of ether oxygens (including phenoxy) is 1. The first-order valence-corrected chi connectivity index (χ1v) is 8.17. The van der Waals surface area contributed by atoms with E-state index in [4.69, 9.17) is 4.74 Å². The summed E-state index contributed by atoms with van der Waals surface area (Å²) in [5.74, 6) is -0.164. The first-order valence-electron chi connectivity index (χ1n) is 8.17. The summed E-state index contributed by atoms with van der Waals surface area (Å²) in [5, 5.41) is 0.955. The van der Waals surface area contributed by atoms with Crippen molar-refractivity contribution in [3.05, 3.63) is 36.0 Å². The molecule has 1 saturated heterocycles. The van der Waals surface area contributed by atoms with Gasteiger partial charge in [-0.25, -0.2) is 0 Å². The highest BCUT2D eigenvalue weighted by molar-refractivity contribution is 6.08. The summed E-state index contributed by atoms with van der Waals surface area (Å²) in [5.41, 5.74) is 1.69. The summed E-state index contributed by atoms with van der Waals surface area (Å²) in [6, 6.07) is 7.80. The SMILES string of the molecule is CCOC(=O)[C@@H]1CCCN(CC(=O)c2c[nH]c3ccccc23)C1. The lowest BCUT2D eigenvalue weighted by Gasteiger charge is -2.30. The van der Waals surface area contributed by atoms with E-state index in [2.05, 4.69) is 9.88 Å². The van der Waals surface area contributed by atoms with Crippen LogP contribution in [0.25, 0.3) is 10.9 Å².